The molecule has 1 aromatic heterocycles. The van der Waals surface area contributed by atoms with Gasteiger partial charge in [0.05, 0.1) is 0 Å². The molecule has 1 N–H and O–H groups in total. The number of rotatable bonds is 1. The van der Waals surface area contributed by atoms with Crippen molar-refractivity contribution in [1.29, 1.82) is 0 Å². The van der Waals surface area contributed by atoms with E-state index >= 15 is 0 Å². The standard InChI is InChI=1S/C11H17N3/c1-8-7-11(14-9(2)13-8)10-3-5-12-6-4-10/h7,10,12H,3-6H2,1-2H3. The largest absolute Gasteiger partial charge is 0.317 e. The third-order valence-electron chi connectivity index (χ3n) is 2.74. The molecule has 0 saturated carbocycles. The van der Waals surface area contributed by atoms with Gasteiger partial charge in [0, 0.05) is 17.3 Å². The first-order valence-electron chi connectivity index (χ1n) is 5.28. The topological polar surface area (TPSA) is 37.8 Å². The third-order valence-corrected chi connectivity index (χ3v) is 2.74. The Kier molecular flexibility index (Phi) is 2.77. The number of aryl methyl sites for hydroxylation is 2. The Bertz CT molecular complexity index is 296. The number of aromatic nitrogens is 2. The van der Waals surface area contributed by atoms with E-state index in [1.165, 1.54) is 18.5 Å². The summed E-state index contributed by atoms with van der Waals surface area (Å²) >= 11 is 0. The SMILES string of the molecule is Cc1cc(C2CCNCC2)nc(C)n1. The predicted molar refractivity (Wildman–Crippen MR) is 56.4 cm³/mol. The van der Waals surface area contributed by atoms with Crippen LogP contribution in [0.1, 0.15) is 36.0 Å². The second-order valence-electron chi connectivity index (χ2n) is 4.01. The van der Waals surface area contributed by atoms with Crippen LogP contribution >= 0.6 is 0 Å². The number of nitrogens with zero attached hydrogens (tertiary/aromatic N) is 2. The molecule has 0 spiro atoms. The monoisotopic (exact) mass is 191 g/mol. The van der Waals surface area contributed by atoms with Gasteiger partial charge in [-0.05, 0) is 45.8 Å². The quantitative estimate of drug-likeness (QED) is 0.732. The minimum atomic E-state index is 0.636. The van der Waals surface area contributed by atoms with Crippen molar-refractivity contribution in [3.63, 3.8) is 0 Å². The summed E-state index contributed by atoms with van der Waals surface area (Å²) in [5.41, 5.74) is 2.32. The zero-order valence-corrected chi connectivity index (χ0v) is 8.88. The lowest BCUT2D eigenvalue weighted by Crippen LogP contribution is -2.27. The Labute approximate surface area is 85.0 Å². The van der Waals surface area contributed by atoms with Crippen LogP contribution in [0.25, 0.3) is 0 Å². The van der Waals surface area contributed by atoms with E-state index in [-0.39, 0.29) is 0 Å². The van der Waals surface area contributed by atoms with Gasteiger partial charge in [0.15, 0.2) is 0 Å². The average molecular weight is 191 g/mol. The molecule has 76 valence electrons. The zero-order valence-electron chi connectivity index (χ0n) is 8.88. The van der Waals surface area contributed by atoms with Crippen molar-refractivity contribution >= 4 is 0 Å². The van der Waals surface area contributed by atoms with Gasteiger partial charge in [0.2, 0.25) is 0 Å². The van der Waals surface area contributed by atoms with Gasteiger partial charge >= 0.3 is 0 Å². The summed E-state index contributed by atoms with van der Waals surface area (Å²) in [7, 11) is 0. The van der Waals surface area contributed by atoms with Crippen molar-refractivity contribution in [3.8, 4) is 0 Å². The molecule has 0 atom stereocenters. The summed E-state index contributed by atoms with van der Waals surface area (Å²) in [5, 5.41) is 3.37. The van der Waals surface area contributed by atoms with Crippen molar-refractivity contribution in [2.24, 2.45) is 0 Å². The summed E-state index contributed by atoms with van der Waals surface area (Å²) < 4.78 is 0. The summed E-state index contributed by atoms with van der Waals surface area (Å²) in [5.74, 6) is 1.54. The van der Waals surface area contributed by atoms with Crippen molar-refractivity contribution in [2.45, 2.75) is 32.6 Å². The first-order valence-corrected chi connectivity index (χ1v) is 5.28. The van der Waals surface area contributed by atoms with E-state index in [0.29, 0.717) is 5.92 Å². The molecule has 1 aromatic rings. The lowest BCUT2D eigenvalue weighted by atomic mass is 9.94. The predicted octanol–water partition coefficient (Wildman–Crippen LogP) is 1.56. The maximum Gasteiger partial charge on any atom is 0.125 e. The Morgan fingerprint density at radius 3 is 2.57 bits per heavy atom. The molecule has 0 aliphatic carbocycles. The van der Waals surface area contributed by atoms with E-state index in [9.17, 15) is 0 Å². The molecule has 1 fully saturated rings. The minimum absolute atomic E-state index is 0.636. The fourth-order valence-corrected chi connectivity index (χ4v) is 2.07. The second-order valence-corrected chi connectivity index (χ2v) is 4.01. The van der Waals surface area contributed by atoms with E-state index < -0.39 is 0 Å². The van der Waals surface area contributed by atoms with E-state index in [2.05, 4.69) is 21.4 Å². The normalized spacial score (nSPS) is 18.4. The van der Waals surface area contributed by atoms with Crippen LogP contribution in [-0.4, -0.2) is 23.1 Å². The molecule has 3 nitrogen and oxygen atoms in total. The lowest BCUT2D eigenvalue weighted by Gasteiger charge is -2.22. The highest BCUT2D eigenvalue weighted by Gasteiger charge is 2.16. The highest BCUT2D eigenvalue weighted by molar-refractivity contribution is 5.14. The van der Waals surface area contributed by atoms with Gasteiger partial charge in [-0.2, -0.15) is 0 Å². The maximum absolute atomic E-state index is 4.52. The van der Waals surface area contributed by atoms with E-state index in [0.717, 1.165) is 24.6 Å². The first kappa shape index (κ1) is 9.59. The molecule has 0 bridgehead atoms. The molecule has 0 unspecified atom stereocenters. The molecule has 2 heterocycles. The summed E-state index contributed by atoms with van der Waals surface area (Å²) in [6.07, 6.45) is 2.41. The molecule has 1 aliphatic rings. The van der Waals surface area contributed by atoms with Crippen molar-refractivity contribution in [3.05, 3.63) is 23.3 Å². The van der Waals surface area contributed by atoms with Gasteiger partial charge in [-0.1, -0.05) is 0 Å². The zero-order chi connectivity index (χ0) is 9.97. The summed E-state index contributed by atoms with van der Waals surface area (Å²) in [6, 6.07) is 2.13. The Morgan fingerprint density at radius 1 is 1.21 bits per heavy atom. The fraction of sp³-hybridized carbons (Fsp3) is 0.636. The molecule has 0 amide bonds. The van der Waals surface area contributed by atoms with E-state index in [1.54, 1.807) is 0 Å². The van der Waals surface area contributed by atoms with Crippen LogP contribution in [0.15, 0.2) is 6.07 Å². The third kappa shape index (κ3) is 2.10. The van der Waals surface area contributed by atoms with Gasteiger partial charge in [-0.15, -0.1) is 0 Å². The van der Waals surface area contributed by atoms with Gasteiger partial charge in [0.1, 0.15) is 5.82 Å². The van der Waals surface area contributed by atoms with Crippen LogP contribution in [0.5, 0.6) is 0 Å². The van der Waals surface area contributed by atoms with E-state index in [1.807, 2.05) is 13.8 Å². The maximum atomic E-state index is 4.52. The second kappa shape index (κ2) is 4.05. The summed E-state index contributed by atoms with van der Waals surface area (Å²) in [6.45, 7) is 6.25. The fourth-order valence-electron chi connectivity index (χ4n) is 2.07. The molecule has 14 heavy (non-hydrogen) atoms. The number of hydrogen-bond acceptors (Lipinski definition) is 3. The van der Waals surface area contributed by atoms with Crippen LogP contribution in [0, 0.1) is 13.8 Å². The molecule has 2 rings (SSSR count). The van der Waals surface area contributed by atoms with Gasteiger partial charge in [0.25, 0.3) is 0 Å². The van der Waals surface area contributed by atoms with Crippen LogP contribution in [-0.2, 0) is 0 Å². The van der Waals surface area contributed by atoms with Crippen LogP contribution in [0.4, 0.5) is 0 Å². The molecule has 1 aliphatic heterocycles. The summed E-state index contributed by atoms with van der Waals surface area (Å²) in [4.78, 5) is 8.82. The average Bonchev–Trinajstić information content (AvgIpc) is 2.18. The molecule has 1 saturated heterocycles. The van der Waals surface area contributed by atoms with Gasteiger partial charge in [-0.25, -0.2) is 9.97 Å². The van der Waals surface area contributed by atoms with Gasteiger partial charge in [-0.3, -0.25) is 0 Å². The van der Waals surface area contributed by atoms with Crippen molar-refractivity contribution in [2.75, 3.05) is 13.1 Å². The highest BCUT2D eigenvalue weighted by atomic mass is 14.9. The number of piperidine rings is 1. The van der Waals surface area contributed by atoms with Crippen LogP contribution in [0.3, 0.4) is 0 Å². The lowest BCUT2D eigenvalue weighted by molar-refractivity contribution is 0.452. The minimum Gasteiger partial charge on any atom is -0.317 e. The molecule has 3 heteroatoms. The molecular formula is C11H17N3. The van der Waals surface area contributed by atoms with Crippen molar-refractivity contribution < 1.29 is 0 Å². The Morgan fingerprint density at radius 2 is 1.93 bits per heavy atom. The van der Waals surface area contributed by atoms with Crippen LogP contribution < -0.4 is 5.32 Å². The molecule has 0 aromatic carbocycles. The number of nitrogens with one attached hydrogen (secondary N) is 1. The molecular weight excluding hydrogens is 174 g/mol. The first-order chi connectivity index (χ1) is 6.75. The van der Waals surface area contributed by atoms with Crippen LogP contribution in [0.2, 0.25) is 0 Å². The Hall–Kier alpha value is -0.960. The van der Waals surface area contributed by atoms with E-state index in [4.69, 9.17) is 0 Å². The Balaban J connectivity index is 2.21. The number of hydrogen-bond donors (Lipinski definition) is 1. The smallest absolute Gasteiger partial charge is 0.125 e. The van der Waals surface area contributed by atoms with Crippen molar-refractivity contribution in [1.82, 2.24) is 15.3 Å². The highest BCUT2D eigenvalue weighted by Crippen LogP contribution is 2.23. The van der Waals surface area contributed by atoms with Gasteiger partial charge < -0.3 is 5.32 Å². The molecule has 0 radical (unpaired) electrons.